The van der Waals surface area contributed by atoms with Crippen molar-refractivity contribution in [1.82, 2.24) is 4.98 Å². The van der Waals surface area contributed by atoms with Crippen molar-refractivity contribution in [3.8, 4) is 17.9 Å². The summed E-state index contributed by atoms with van der Waals surface area (Å²) in [4.78, 5) is 2.98. The van der Waals surface area contributed by atoms with Crippen molar-refractivity contribution < 1.29 is 17.9 Å². The predicted molar refractivity (Wildman–Crippen MR) is 94.6 cm³/mol. The summed E-state index contributed by atoms with van der Waals surface area (Å²) < 4.78 is 42.0. The molecule has 0 bridgehead atoms. The summed E-state index contributed by atoms with van der Waals surface area (Å²) >= 11 is 6.00. The Morgan fingerprint density at radius 3 is 2.59 bits per heavy atom. The van der Waals surface area contributed by atoms with Crippen molar-refractivity contribution in [2.24, 2.45) is 0 Å². The number of ether oxygens (including phenoxy) is 1. The highest BCUT2D eigenvalue weighted by Crippen LogP contribution is 2.33. The summed E-state index contributed by atoms with van der Waals surface area (Å²) in [5.41, 5.74) is 1.36. The summed E-state index contributed by atoms with van der Waals surface area (Å²) in [7, 11) is 0. The zero-order valence-electron chi connectivity index (χ0n) is 13.4. The summed E-state index contributed by atoms with van der Waals surface area (Å²) in [6, 6.07) is 12.3. The number of fused-ring (bicyclic) bond motifs is 1. The molecule has 0 aliphatic heterocycles. The molecule has 27 heavy (non-hydrogen) atoms. The molecule has 0 spiro atoms. The van der Waals surface area contributed by atoms with Gasteiger partial charge in [0.05, 0.1) is 23.3 Å². The Morgan fingerprint density at radius 1 is 1.15 bits per heavy atom. The van der Waals surface area contributed by atoms with Crippen LogP contribution in [0.3, 0.4) is 0 Å². The number of allylic oxidation sites excluding steroid dienone is 1. The molecule has 3 aromatic rings. The van der Waals surface area contributed by atoms with Crippen LogP contribution in [0.1, 0.15) is 16.7 Å². The summed E-state index contributed by atoms with van der Waals surface area (Å²) in [6.07, 6.45) is -2.10. The Hall–Kier alpha value is -3.42. The van der Waals surface area contributed by atoms with Crippen LogP contribution < -0.4 is 4.74 Å². The van der Waals surface area contributed by atoms with Crippen LogP contribution in [0.25, 0.3) is 22.6 Å². The van der Waals surface area contributed by atoms with Gasteiger partial charge in [-0.3, -0.25) is 0 Å². The van der Waals surface area contributed by atoms with Crippen LogP contribution in [0.15, 0.2) is 42.6 Å². The third-order valence-electron chi connectivity index (χ3n) is 3.72. The number of benzene rings is 2. The average molecular weight is 388 g/mol. The number of halogens is 4. The third kappa shape index (κ3) is 4.05. The molecule has 0 atom stereocenters. The number of hydrogen-bond donors (Lipinski definition) is 1. The normalized spacial score (nSPS) is 11.9. The first-order valence-corrected chi connectivity index (χ1v) is 7.87. The standard InChI is InChI=1S/C19H9ClF3N3O/c20-14-2-3-17-15(7-14)16(10-26-17)13(9-25)6-12-5-11(8-24)1-4-18(12)27-19(21,22)23/h1-7,10,26H/b13-6+. The second kappa shape index (κ2) is 7.06. The number of alkyl halides is 3. The molecule has 134 valence electrons. The molecule has 0 radical (unpaired) electrons. The predicted octanol–water partition coefficient (Wildman–Crippen LogP) is 5.66. The Labute approximate surface area is 156 Å². The molecule has 0 saturated heterocycles. The van der Waals surface area contributed by atoms with Gasteiger partial charge < -0.3 is 9.72 Å². The van der Waals surface area contributed by atoms with Gasteiger partial charge in [0, 0.05) is 33.2 Å². The van der Waals surface area contributed by atoms with Gasteiger partial charge >= 0.3 is 6.36 Å². The van der Waals surface area contributed by atoms with Crippen LogP contribution in [0.4, 0.5) is 13.2 Å². The number of H-pyrrole nitrogens is 1. The molecule has 1 heterocycles. The molecule has 0 amide bonds. The van der Waals surface area contributed by atoms with Crippen molar-refractivity contribution in [2.45, 2.75) is 6.36 Å². The van der Waals surface area contributed by atoms with Gasteiger partial charge in [0.15, 0.2) is 0 Å². The number of nitriles is 2. The Balaban J connectivity index is 2.17. The van der Waals surface area contributed by atoms with Gasteiger partial charge in [0.1, 0.15) is 5.75 Å². The van der Waals surface area contributed by atoms with E-state index in [1.807, 2.05) is 12.1 Å². The molecule has 0 aliphatic rings. The number of aromatic nitrogens is 1. The van der Waals surface area contributed by atoms with Crippen LogP contribution in [-0.2, 0) is 0 Å². The third-order valence-corrected chi connectivity index (χ3v) is 3.95. The van der Waals surface area contributed by atoms with Gasteiger partial charge in [-0.25, -0.2) is 0 Å². The number of nitrogens with one attached hydrogen (secondary N) is 1. The molecule has 0 unspecified atom stereocenters. The minimum absolute atomic E-state index is 0.0423. The van der Waals surface area contributed by atoms with E-state index in [9.17, 15) is 18.4 Å². The molecular formula is C19H9ClF3N3O. The smallest absolute Gasteiger partial charge is 0.405 e. The summed E-state index contributed by atoms with van der Waals surface area (Å²) in [5.74, 6) is -0.507. The van der Waals surface area contributed by atoms with Crippen LogP contribution in [0, 0.1) is 22.7 Å². The summed E-state index contributed by atoms with van der Waals surface area (Å²) in [6.45, 7) is 0. The minimum Gasteiger partial charge on any atom is -0.405 e. The lowest BCUT2D eigenvalue weighted by atomic mass is 10.0. The van der Waals surface area contributed by atoms with Crippen LogP contribution >= 0.6 is 11.6 Å². The molecule has 1 aromatic heterocycles. The highest BCUT2D eigenvalue weighted by atomic mass is 35.5. The molecule has 4 nitrogen and oxygen atoms in total. The zero-order valence-corrected chi connectivity index (χ0v) is 14.2. The van der Waals surface area contributed by atoms with Crippen molar-refractivity contribution in [1.29, 1.82) is 10.5 Å². The van der Waals surface area contributed by atoms with Gasteiger partial charge in [-0.15, -0.1) is 13.2 Å². The van der Waals surface area contributed by atoms with Gasteiger partial charge in [0.25, 0.3) is 0 Å². The van der Waals surface area contributed by atoms with Crippen molar-refractivity contribution >= 4 is 34.2 Å². The van der Waals surface area contributed by atoms with Crippen LogP contribution in [0.2, 0.25) is 5.02 Å². The quantitative estimate of drug-likeness (QED) is 0.590. The molecule has 2 aromatic carbocycles. The number of hydrogen-bond acceptors (Lipinski definition) is 3. The van der Waals surface area contributed by atoms with E-state index in [1.54, 1.807) is 24.4 Å². The van der Waals surface area contributed by atoms with E-state index < -0.39 is 12.1 Å². The van der Waals surface area contributed by atoms with E-state index in [2.05, 4.69) is 9.72 Å². The fraction of sp³-hybridized carbons (Fsp3) is 0.0526. The van der Waals surface area contributed by atoms with Gasteiger partial charge in [0.2, 0.25) is 0 Å². The van der Waals surface area contributed by atoms with E-state index in [4.69, 9.17) is 16.9 Å². The molecule has 0 fully saturated rings. The largest absolute Gasteiger partial charge is 0.573 e. The van der Waals surface area contributed by atoms with Gasteiger partial charge in [-0.2, -0.15) is 10.5 Å². The molecular weight excluding hydrogens is 379 g/mol. The molecule has 0 saturated carbocycles. The van der Waals surface area contributed by atoms with Crippen molar-refractivity contribution in [3.63, 3.8) is 0 Å². The SMILES string of the molecule is N#C/C(=C\c1cc(C#N)ccc1OC(F)(F)F)c1c[nH]c2ccc(Cl)cc12. The Bertz CT molecular complexity index is 1130. The lowest BCUT2D eigenvalue weighted by molar-refractivity contribution is -0.274. The lowest BCUT2D eigenvalue weighted by Crippen LogP contribution is -2.17. The van der Waals surface area contributed by atoms with E-state index in [0.717, 1.165) is 6.07 Å². The van der Waals surface area contributed by atoms with E-state index in [-0.39, 0.29) is 16.7 Å². The molecule has 0 aliphatic carbocycles. The monoisotopic (exact) mass is 387 g/mol. The van der Waals surface area contributed by atoms with Crippen molar-refractivity contribution in [3.05, 3.63) is 64.3 Å². The number of aromatic amines is 1. The number of rotatable bonds is 3. The maximum Gasteiger partial charge on any atom is 0.573 e. The average Bonchev–Trinajstić information content (AvgIpc) is 3.02. The second-order valence-corrected chi connectivity index (χ2v) is 5.91. The van der Waals surface area contributed by atoms with Gasteiger partial charge in [-0.05, 0) is 42.5 Å². The zero-order chi connectivity index (χ0) is 19.6. The molecule has 3 rings (SSSR count). The maximum absolute atomic E-state index is 12.7. The molecule has 1 N–H and O–H groups in total. The number of nitrogens with zero attached hydrogens (tertiary/aromatic N) is 2. The van der Waals surface area contributed by atoms with Crippen LogP contribution in [-0.4, -0.2) is 11.3 Å². The first-order chi connectivity index (χ1) is 12.8. The fourth-order valence-electron chi connectivity index (χ4n) is 2.59. The fourth-order valence-corrected chi connectivity index (χ4v) is 2.76. The van der Waals surface area contributed by atoms with E-state index >= 15 is 0 Å². The summed E-state index contributed by atoms with van der Waals surface area (Å²) in [5, 5.41) is 19.7. The highest BCUT2D eigenvalue weighted by Gasteiger charge is 2.32. The van der Waals surface area contributed by atoms with Crippen LogP contribution in [0.5, 0.6) is 5.75 Å². The Morgan fingerprint density at radius 2 is 1.93 bits per heavy atom. The minimum atomic E-state index is -4.90. The second-order valence-electron chi connectivity index (χ2n) is 5.47. The van der Waals surface area contributed by atoms with E-state index in [0.29, 0.717) is 21.5 Å². The maximum atomic E-state index is 12.7. The first-order valence-electron chi connectivity index (χ1n) is 7.49. The molecule has 8 heteroatoms. The topological polar surface area (TPSA) is 72.6 Å². The first kappa shape index (κ1) is 18.4. The van der Waals surface area contributed by atoms with E-state index in [1.165, 1.54) is 18.2 Å². The van der Waals surface area contributed by atoms with Gasteiger partial charge in [-0.1, -0.05) is 11.6 Å². The lowest BCUT2D eigenvalue weighted by Gasteiger charge is -2.12. The van der Waals surface area contributed by atoms with Crippen molar-refractivity contribution in [2.75, 3.05) is 0 Å². The Kier molecular flexibility index (Phi) is 4.81. The highest BCUT2D eigenvalue weighted by molar-refractivity contribution is 6.31.